The molecular formula is C22H23N5O. The largest absolute Gasteiger partial charge is 0.387 e. The Labute approximate surface area is 163 Å². The Balaban J connectivity index is 1.32. The van der Waals surface area contributed by atoms with E-state index in [-0.39, 0.29) is 0 Å². The molecule has 6 nitrogen and oxygen atoms in total. The summed E-state index contributed by atoms with van der Waals surface area (Å²) in [5.41, 5.74) is 4.17. The van der Waals surface area contributed by atoms with Crippen LogP contribution in [0.4, 0.5) is 0 Å². The van der Waals surface area contributed by atoms with Crippen LogP contribution in [0.25, 0.3) is 16.5 Å². The van der Waals surface area contributed by atoms with Crippen molar-refractivity contribution in [3.05, 3.63) is 77.9 Å². The second kappa shape index (κ2) is 6.89. The number of hydrogen-bond donors (Lipinski definition) is 1. The zero-order valence-electron chi connectivity index (χ0n) is 15.9. The summed E-state index contributed by atoms with van der Waals surface area (Å²) in [7, 11) is 0. The zero-order valence-corrected chi connectivity index (χ0v) is 15.9. The van der Waals surface area contributed by atoms with Crippen LogP contribution in [-0.2, 0) is 19.6 Å². The Bertz CT molecular complexity index is 1130. The monoisotopic (exact) mass is 373 g/mol. The summed E-state index contributed by atoms with van der Waals surface area (Å²) in [5, 5.41) is 21.3. The van der Waals surface area contributed by atoms with Crippen molar-refractivity contribution in [1.82, 2.24) is 24.5 Å². The number of aliphatic hydroxyl groups excluding tert-OH is 1. The molecule has 142 valence electrons. The Morgan fingerprint density at radius 1 is 1.07 bits per heavy atom. The molecule has 0 fully saturated rings. The van der Waals surface area contributed by atoms with Crippen LogP contribution in [0, 0.1) is 0 Å². The maximum atomic E-state index is 9.75. The van der Waals surface area contributed by atoms with E-state index in [0.29, 0.717) is 0 Å². The van der Waals surface area contributed by atoms with Crippen molar-refractivity contribution in [3.63, 3.8) is 0 Å². The van der Waals surface area contributed by atoms with Crippen molar-refractivity contribution in [2.24, 2.45) is 0 Å². The number of fused-ring (bicyclic) bond motifs is 2. The van der Waals surface area contributed by atoms with Gasteiger partial charge in [0.05, 0.1) is 35.9 Å². The minimum Gasteiger partial charge on any atom is -0.387 e. The van der Waals surface area contributed by atoms with Gasteiger partial charge >= 0.3 is 0 Å². The molecule has 1 aliphatic rings. The maximum absolute atomic E-state index is 9.75. The SMILES string of the molecule is C[C@@H](O)c1cc2n(n1)CCN(Cc1cnn(-c3ccc4ccccc4c3)c1)C2. The van der Waals surface area contributed by atoms with Crippen LogP contribution in [-0.4, -0.2) is 36.1 Å². The van der Waals surface area contributed by atoms with Gasteiger partial charge in [0.25, 0.3) is 0 Å². The van der Waals surface area contributed by atoms with Crippen molar-refractivity contribution < 1.29 is 5.11 Å². The van der Waals surface area contributed by atoms with Gasteiger partial charge in [-0.3, -0.25) is 9.58 Å². The molecule has 5 rings (SSSR count). The van der Waals surface area contributed by atoms with E-state index in [1.54, 1.807) is 6.92 Å². The van der Waals surface area contributed by atoms with Gasteiger partial charge < -0.3 is 5.11 Å². The summed E-state index contributed by atoms with van der Waals surface area (Å²) >= 11 is 0. The molecule has 1 aliphatic heterocycles. The number of aliphatic hydroxyl groups is 1. The molecule has 1 N–H and O–H groups in total. The molecule has 28 heavy (non-hydrogen) atoms. The van der Waals surface area contributed by atoms with Crippen molar-refractivity contribution in [1.29, 1.82) is 0 Å². The van der Waals surface area contributed by atoms with E-state index >= 15 is 0 Å². The highest BCUT2D eigenvalue weighted by Gasteiger charge is 2.20. The highest BCUT2D eigenvalue weighted by Crippen LogP contribution is 2.21. The smallest absolute Gasteiger partial charge is 0.0950 e. The van der Waals surface area contributed by atoms with Crippen molar-refractivity contribution in [3.8, 4) is 5.69 Å². The zero-order chi connectivity index (χ0) is 19.1. The highest BCUT2D eigenvalue weighted by atomic mass is 16.3. The summed E-state index contributed by atoms with van der Waals surface area (Å²) < 4.78 is 3.96. The van der Waals surface area contributed by atoms with Crippen molar-refractivity contribution in [2.45, 2.75) is 32.7 Å². The molecule has 3 heterocycles. The van der Waals surface area contributed by atoms with E-state index in [1.807, 2.05) is 21.6 Å². The van der Waals surface area contributed by atoms with Crippen LogP contribution in [0.5, 0.6) is 0 Å². The van der Waals surface area contributed by atoms with Gasteiger partial charge in [0.1, 0.15) is 0 Å². The van der Waals surface area contributed by atoms with Gasteiger partial charge in [-0.05, 0) is 35.9 Å². The number of aromatic nitrogens is 4. The average Bonchev–Trinajstić information content (AvgIpc) is 3.34. The maximum Gasteiger partial charge on any atom is 0.0950 e. The fourth-order valence-electron chi connectivity index (χ4n) is 3.84. The van der Waals surface area contributed by atoms with E-state index in [2.05, 4.69) is 63.8 Å². The van der Waals surface area contributed by atoms with Gasteiger partial charge in [-0.15, -0.1) is 0 Å². The molecule has 0 bridgehead atoms. The van der Waals surface area contributed by atoms with Gasteiger partial charge in [-0.1, -0.05) is 30.3 Å². The van der Waals surface area contributed by atoms with Crippen LogP contribution in [0.3, 0.4) is 0 Å². The van der Waals surface area contributed by atoms with Crippen LogP contribution in [0.15, 0.2) is 60.9 Å². The van der Waals surface area contributed by atoms with Gasteiger partial charge in [0, 0.05) is 31.4 Å². The van der Waals surface area contributed by atoms with E-state index in [4.69, 9.17) is 0 Å². The Morgan fingerprint density at radius 2 is 1.93 bits per heavy atom. The van der Waals surface area contributed by atoms with E-state index in [1.165, 1.54) is 16.3 Å². The van der Waals surface area contributed by atoms with Crippen LogP contribution in [0.2, 0.25) is 0 Å². The Morgan fingerprint density at radius 3 is 2.79 bits per heavy atom. The molecule has 0 amide bonds. The molecular weight excluding hydrogens is 350 g/mol. The van der Waals surface area contributed by atoms with Gasteiger partial charge in [-0.25, -0.2) is 4.68 Å². The lowest BCUT2D eigenvalue weighted by Crippen LogP contribution is -2.33. The highest BCUT2D eigenvalue weighted by molar-refractivity contribution is 5.84. The van der Waals surface area contributed by atoms with Crippen molar-refractivity contribution in [2.75, 3.05) is 6.54 Å². The van der Waals surface area contributed by atoms with Crippen LogP contribution in [0.1, 0.15) is 30.0 Å². The summed E-state index contributed by atoms with van der Waals surface area (Å²) in [6.07, 6.45) is 3.53. The van der Waals surface area contributed by atoms with Gasteiger partial charge in [0.2, 0.25) is 0 Å². The fourth-order valence-corrected chi connectivity index (χ4v) is 3.84. The summed E-state index contributed by atoms with van der Waals surface area (Å²) in [6, 6.07) is 16.8. The first-order chi connectivity index (χ1) is 13.7. The third-order valence-electron chi connectivity index (χ3n) is 5.36. The van der Waals surface area contributed by atoms with Gasteiger partial charge in [0.15, 0.2) is 0 Å². The number of hydrogen-bond acceptors (Lipinski definition) is 4. The lowest BCUT2D eigenvalue weighted by Gasteiger charge is -2.26. The van der Waals surface area contributed by atoms with Crippen molar-refractivity contribution >= 4 is 10.8 Å². The normalized spacial score (nSPS) is 15.6. The number of nitrogens with zero attached hydrogens (tertiary/aromatic N) is 5. The third kappa shape index (κ3) is 3.21. The Kier molecular flexibility index (Phi) is 4.22. The Hall–Kier alpha value is -2.96. The topological polar surface area (TPSA) is 59.1 Å². The lowest BCUT2D eigenvalue weighted by molar-refractivity contribution is 0.189. The van der Waals surface area contributed by atoms with E-state index in [0.717, 1.165) is 43.3 Å². The molecule has 1 atom stereocenters. The fraction of sp³-hybridized carbons (Fsp3) is 0.273. The summed E-state index contributed by atoms with van der Waals surface area (Å²) in [6.45, 7) is 5.23. The predicted molar refractivity (Wildman–Crippen MR) is 108 cm³/mol. The van der Waals surface area contributed by atoms with E-state index in [9.17, 15) is 5.11 Å². The summed E-state index contributed by atoms with van der Waals surface area (Å²) in [4.78, 5) is 2.39. The second-order valence-electron chi connectivity index (χ2n) is 7.49. The quantitative estimate of drug-likeness (QED) is 0.596. The minimum absolute atomic E-state index is 0.522. The molecule has 0 spiro atoms. The molecule has 0 radical (unpaired) electrons. The molecule has 0 saturated carbocycles. The third-order valence-corrected chi connectivity index (χ3v) is 5.36. The molecule has 2 aromatic carbocycles. The second-order valence-corrected chi connectivity index (χ2v) is 7.49. The first-order valence-corrected chi connectivity index (χ1v) is 9.65. The molecule has 0 saturated heterocycles. The minimum atomic E-state index is -0.522. The van der Waals surface area contributed by atoms with Gasteiger partial charge in [-0.2, -0.15) is 10.2 Å². The molecule has 0 aliphatic carbocycles. The van der Waals surface area contributed by atoms with Crippen LogP contribution >= 0.6 is 0 Å². The standard InChI is InChI=1S/C22H23N5O/c1-16(28)22-11-21-15-25(8-9-26(21)24-22)13-17-12-23-27(14-17)20-7-6-18-4-2-3-5-19(18)10-20/h2-7,10-12,14,16,28H,8-9,13,15H2,1H3/t16-/m1/s1. The molecule has 2 aromatic heterocycles. The summed E-state index contributed by atoms with van der Waals surface area (Å²) in [5.74, 6) is 0. The number of rotatable bonds is 4. The van der Waals surface area contributed by atoms with Crippen LogP contribution < -0.4 is 0 Å². The molecule has 0 unspecified atom stereocenters. The van der Waals surface area contributed by atoms with E-state index < -0.39 is 6.10 Å². The first-order valence-electron chi connectivity index (χ1n) is 9.65. The lowest BCUT2D eigenvalue weighted by atomic mass is 10.1. The molecule has 6 heteroatoms. The number of benzene rings is 2. The molecule has 4 aromatic rings. The average molecular weight is 373 g/mol. The predicted octanol–water partition coefficient (Wildman–Crippen LogP) is 3.29. The first kappa shape index (κ1) is 17.2.